The second-order valence-electron chi connectivity index (χ2n) is 5.58. The molecule has 2 N–H and O–H groups in total. The number of methoxy groups -OCH3 is 1. The Balaban J connectivity index is 1.91. The van der Waals surface area contributed by atoms with Crippen molar-refractivity contribution in [2.75, 3.05) is 24.3 Å². The molecule has 5 nitrogen and oxygen atoms in total. The lowest BCUT2D eigenvalue weighted by atomic mass is 10.1. The van der Waals surface area contributed by atoms with Crippen molar-refractivity contribution in [3.8, 4) is 0 Å². The second kappa shape index (κ2) is 8.15. The number of rotatable bonds is 6. The van der Waals surface area contributed by atoms with Gasteiger partial charge < -0.3 is 15.4 Å². The number of ether oxygens (including phenoxy) is 1. The molecule has 2 rings (SSSR count). The van der Waals surface area contributed by atoms with Crippen molar-refractivity contribution in [2.24, 2.45) is 0 Å². The molecule has 24 heavy (non-hydrogen) atoms. The van der Waals surface area contributed by atoms with Gasteiger partial charge in [0, 0.05) is 24.3 Å². The van der Waals surface area contributed by atoms with E-state index in [0.29, 0.717) is 24.2 Å². The van der Waals surface area contributed by atoms with Crippen LogP contribution in [0.25, 0.3) is 0 Å². The predicted octanol–water partition coefficient (Wildman–Crippen LogP) is 3.53. The summed E-state index contributed by atoms with van der Waals surface area (Å²) in [4.78, 5) is 23.8. The van der Waals surface area contributed by atoms with E-state index in [1.54, 1.807) is 18.2 Å². The first-order valence-electron chi connectivity index (χ1n) is 7.79. The van der Waals surface area contributed by atoms with Crippen LogP contribution in [-0.4, -0.2) is 25.5 Å². The van der Waals surface area contributed by atoms with Gasteiger partial charge in [0.1, 0.15) is 0 Å². The van der Waals surface area contributed by atoms with Crippen LogP contribution in [0, 0.1) is 13.8 Å². The number of hydrogen-bond acceptors (Lipinski definition) is 4. The number of esters is 1. The molecule has 0 radical (unpaired) electrons. The van der Waals surface area contributed by atoms with Crippen LogP contribution in [0.1, 0.15) is 27.9 Å². The van der Waals surface area contributed by atoms with Gasteiger partial charge in [-0.05, 0) is 43.2 Å². The molecule has 2 aromatic rings. The average molecular weight is 326 g/mol. The fourth-order valence-corrected chi connectivity index (χ4v) is 2.32. The van der Waals surface area contributed by atoms with Gasteiger partial charge in [-0.1, -0.05) is 24.3 Å². The minimum absolute atomic E-state index is 0.0771. The van der Waals surface area contributed by atoms with E-state index in [1.165, 1.54) is 7.11 Å². The third-order valence-electron chi connectivity index (χ3n) is 3.67. The van der Waals surface area contributed by atoms with E-state index < -0.39 is 5.97 Å². The van der Waals surface area contributed by atoms with Crippen molar-refractivity contribution in [2.45, 2.75) is 20.3 Å². The van der Waals surface area contributed by atoms with Crippen molar-refractivity contribution in [3.63, 3.8) is 0 Å². The molecule has 0 aliphatic heterocycles. The Labute approximate surface area is 142 Å². The number of amides is 1. The van der Waals surface area contributed by atoms with E-state index in [1.807, 2.05) is 38.1 Å². The lowest BCUT2D eigenvalue weighted by Gasteiger charge is -2.12. The molecule has 0 spiro atoms. The zero-order valence-corrected chi connectivity index (χ0v) is 14.2. The van der Waals surface area contributed by atoms with Crippen LogP contribution in [0.5, 0.6) is 0 Å². The van der Waals surface area contributed by atoms with Crippen LogP contribution in [0.2, 0.25) is 0 Å². The molecule has 0 saturated carbocycles. The average Bonchev–Trinajstić information content (AvgIpc) is 2.58. The molecule has 5 heteroatoms. The SMILES string of the molecule is COC(=O)c1ccccc1NCCC(=O)Nc1cc(C)ccc1C. The second-order valence-corrected chi connectivity index (χ2v) is 5.58. The van der Waals surface area contributed by atoms with Gasteiger partial charge in [0.15, 0.2) is 0 Å². The quantitative estimate of drug-likeness (QED) is 0.797. The highest BCUT2D eigenvalue weighted by molar-refractivity contribution is 5.96. The monoisotopic (exact) mass is 326 g/mol. The van der Waals surface area contributed by atoms with Gasteiger partial charge in [-0.15, -0.1) is 0 Å². The maximum Gasteiger partial charge on any atom is 0.339 e. The number of benzene rings is 2. The van der Waals surface area contributed by atoms with Crippen LogP contribution < -0.4 is 10.6 Å². The number of carbonyl (C=O) groups is 2. The standard InChI is InChI=1S/C19H22N2O3/c1-13-8-9-14(2)17(12-13)21-18(22)10-11-20-16-7-5-4-6-15(16)19(23)24-3/h4-9,12,20H,10-11H2,1-3H3,(H,21,22). The highest BCUT2D eigenvalue weighted by Crippen LogP contribution is 2.17. The molecule has 1 amide bonds. The van der Waals surface area contributed by atoms with Gasteiger partial charge in [0.25, 0.3) is 0 Å². The van der Waals surface area contributed by atoms with Crippen molar-refractivity contribution in [1.82, 2.24) is 0 Å². The van der Waals surface area contributed by atoms with Gasteiger partial charge in [0.2, 0.25) is 5.91 Å². The summed E-state index contributed by atoms with van der Waals surface area (Å²) in [6.07, 6.45) is 0.295. The molecule has 0 aliphatic carbocycles. The fourth-order valence-electron chi connectivity index (χ4n) is 2.32. The van der Waals surface area contributed by atoms with Gasteiger partial charge in [-0.2, -0.15) is 0 Å². The van der Waals surface area contributed by atoms with Crippen LogP contribution in [0.4, 0.5) is 11.4 Å². The molecule has 0 unspecified atom stereocenters. The summed E-state index contributed by atoms with van der Waals surface area (Å²) in [6, 6.07) is 13.0. The van der Waals surface area contributed by atoms with Crippen LogP contribution >= 0.6 is 0 Å². The number of anilines is 2. The number of aryl methyl sites for hydroxylation is 2. The van der Waals surface area contributed by atoms with Crippen LogP contribution in [0.15, 0.2) is 42.5 Å². The molecule has 126 valence electrons. The molecular formula is C19H22N2O3. The van der Waals surface area contributed by atoms with Crippen LogP contribution in [0.3, 0.4) is 0 Å². The van der Waals surface area contributed by atoms with Crippen molar-refractivity contribution in [1.29, 1.82) is 0 Å². The summed E-state index contributed by atoms with van der Waals surface area (Å²) in [6.45, 7) is 4.37. The smallest absolute Gasteiger partial charge is 0.339 e. The third-order valence-corrected chi connectivity index (χ3v) is 3.67. The zero-order chi connectivity index (χ0) is 17.5. The number of carbonyl (C=O) groups excluding carboxylic acids is 2. The Hall–Kier alpha value is -2.82. The first-order valence-corrected chi connectivity index (χ1v) is 7.79. The van der Waals surface area contributed by atoms with Crippen LogP contribution in [-0.2, 0) is 9.53 Å². The molecule has 0 aromatic heterocycles. The summed E-state index contributed by atoms with van der Waals surface area (Å²) in [5, 5.41) is 6.02. The van der Waals surface area contributed by atoms with Crippen molar-refractivity contribution < 1.29 is 14.3 Å². The van der Waals surface area contributed by atoms with Crippen molar-refractivity contribution in [3.05, 3.63) is 59.2 Å². The molecule has 0 aliphatic rings. The Morgan fingerprint density at radius 3 is 2.54 bits per heavy atom. The predicted molar refractivity (Wildman–Crippen MR) is 95.4 cm³/mol. The minimum Gasteiger partial charge on any atom is -0.465 e. The summed E-state index contributed by atoms with van der Waals surface area (Å²) in [5.74, 6) is -0.482. The molecular weight excluding hydrogens is 304 g/mol. The highest BCUT2D eigenvalue weighted by Gasteiger charge is 2.11. The molecule has 0 saturated heterocycles. The van der Waals surface area contributed by atoms with Gasteiger partial charge in [-0.25, -0.2) is 4.79 Å². The molecule has 0 bridgehead atoms. The lowest BCUT2D eigenvalue weighted by molar-refractivity contribution is -0.115. The first kappa shape index (κ1) is 17.5. The molecule has 0 fully saturated rings. The largest absolute Gasteiger partial charge is 0.465 e. The van der Waals surface area contributed by atoms with E-state index in [4.69, 9.17) is 4.74 Å². The van der Waals surface area contributed by atoms with E-state index in [2.05, 4.69) is 10.6 Å². The van der Waals surface area contributed by atoms with E-state index in [0.717, 1.165) is 16.8 Å². The number of para-hydroxylation sites is 1. The fraction of sp³-hybridized carbons (Fsp3) is 0.263. The van der Waals surface area contributed by atoms with Gasteiger partial charge in [0.05, 0.1) is 12.7 Å². The number of nitrogens with one attached hydrogen (secondary N) is 2. The Kier molecular flexibility index (Phi) is 5.95. The number of hydrogen-bond donors (Lipinski definition) is 2. The Morgan fingerprint density at radius 2 is 1.79 bits per heavy atom. The summed E-state index contributed by atoms with van der Waals surface area (Å²) >= 11 is 0. The highest BCUT2D eigenvalue weighted by atomic mass is 16.5. The topological polar surface area (TPSA) is 67.4 Å². The summed E-state index contributed by atoms with van der Waals surface area (Å²) < 4.78 is 4.75. The van der Waals surface area contributed by atoms with E-state index >= 15 is 0 Å². The molecule has 0 heterocycles. The molecule has 0 atom stereocenters. The van der Waals surface area contributed by atoms with E-state index in [9.17, 15) is 9.59 Å². The summed E-state index contributed by atoms with van der Waals surface area (Å²) in [7, 11) is 1.34. The van der Waals surface area contributed by atoms with Gasteiger partial charge in [-0.3, -0.25) is 4.79 Å². The van der Waals surface area contributed by atoms with Gasteiger partial charge >= 0.3 is 5.97 Å². The van der Waals surface area contributed by atoms with E-state index in [-0.39, 0.29) is 5.91 Å². The maximum atomic E-state index is 12.1. The normalized spacial score (nSPS) is 10.1. The Bertz CT molecular complexity index is 741. The summed E-state index contributed by atoms with van der Waals surface area (Å²) in [5.41, 5.74) is 4.06. The Morgan fingerprint density at radius 1 is 1.04 bits per heavy atom. The first-order chi connectivity index (χ1) is 11.5. The molecule has 2 aromatic carbocycles. The zero-order valence-electron chi connectivity index (χ0n) is 14.2. The van der Waals surface area contributed by atoms with Crippen molar-refractivity contribution >= 4 is 23.3 Å². The maximum absolute atomic E-state index is 12.1. The lowest BCUT2D eigenvalue weighted by Crippen LogP contribution is -2.18. The minimum atomic E-state index is -0.405. The third kappa shape index (κ3) is 4.59.